The minimum Gasteiger partial charge on any atom is -0.493 e. The van der Waals surface area contributed by atoms with Gasteiger partial charge in [-0.3, -0.25) is 9.69 Å². The van der Waals surface area contributed by atoms with Gasteiger partial charge in [0.2, 0.25) is 5.75 Å². The second-order valence-corrected chi connectivity index (χ2v) is 5.25. The summed E-state index contributed by atoms with van der Waals surface area (Å²) in [6.45, 7) is 2.77. The third-order valence-corrected chi connectivity index (χ3v) is 3.94. The van der Waals surface area contributed by atoms with Crippen LogP contribution in [0.25, 0.3) is 0 Å². The summed E-state index contributed by atoms with van der Waals surface area (Å²) in [5.41, 5.74) is 0.982. The van der Waals surface area contributed by atoms with Crippen molar-refractivity contribution in [1.82, 2.24) is 10.2 Å². The molecule has 0 radical (unpaired) electrons. The van der Waals surface area contributed by atoms with Crippen LogP contribution in [0.4, 0.5) is 0 Å². The van der Waals surface area contributed by atoms with Crippen LogP contribution >= 0.6 is 0 Å². The van der Waals surface area contributed by atoms with Crippen molar-refractivity contribution >= 4 is 5.97 Å². The molecule has 1 aliphatic rings. The number of benzene rings is 1. The zero-order valence-electron chi connectivity index (χ0n) is 14.0. The van der Waals surface area contributed by atoms with Gasteiger partial charge in [0.15, 0.2) is 11.5 Å². The number of methoxy groups -OCH3 is 4. The molecule has 1 fully saturated rings. The van der Waals surface area contributed by atoms with Crippen molar-refractivity contribution in [2.45, 2.75) is 12.6 Å². The Bertz CT molecular complexity index is 524. The Balaban J connectivity index is 2.25. The molecule has 1 aromatic carbocycles. The smallest absolute Gasteiger partial charge is 0.324 e. The Morgan fingerprint density at radius 3 is 2.35 bits per heavy atom. The van der Waals surface area contributed by atoms with Crippen LogP contribution in [0.1, 0.15) is 5.56 Å². The standard InChI is InChI=1S/C16H24N2O5/c1-20-13-7-11(8-14(21-2)15(13)22-3)10-18-6-5-17-9-12(18)16(19)23-4/h7-8,12,17H,5-6,9-10H2,1-4H3. The second-order valence-electron chi connectivity index (χ2n) is 5.25. The van der Waals surface area contributed by atoms with E-state index in [4.69, 9.17) is 18.9 Å². The van der Waals surface area contributed by atoms with Gasteiger partial charge in [-0.25, -0.2) is 0 Å². The van der Waals surface area contributed by atoms with Gasteiger partial charge >= 0.3 is 5.97 Å². The highest BCUT2D eigenvalue weighted by atomic mass is 16.5. The normalized spacial score (nSPS) is 18.3. The van der Waals surface area contributed by atoms with E-state index >= 15 is 0 Å². The lowest BCUT2D eigenvalue weighted by Crippen LogP contribution is -2.54. The van der Waals surface area contributed by atoms with Crippen molar-refractivity contribution in [3.8, 4) is 17.2 Å². The van der Waals surface area contributed by atoms with E-state index in [0.29, 0.717) is 30.3 Å². The van der Waals surface area contributed by atoms with Crippen LogP contribution in [0.15, 0.2) is 12.1 Å². The largest absolute Gasteiger partial charge is 0.493 e. The predicted octanol–water partition coefficient (Wildman–Crippen LogP) is 0.659. The molecule has 1 aliphatic heterocycles. The van der Waals surface area contributed by atoms with E-state index in [9.17, 15) is 4.79 Å². The van der Waals surface area contributed by atoms with Gasteiger partial charge in [-0.1, -0.05) is 0 Å². The number of nitrogens with zero attached hydrogens (tertiary/aromatic N) is 1. The Morgan fingerprint density at radius 1 is 1.17 bits per heavy atom. The fraction of sp³-hybridized carbons (Fsp3) is 0.562. The molecule has 23 heavy (non-hydrogen) atoms. The minimum absolute atomic E-state index is 0.232. The number of rotatable bonds is 6. The molecule has 1 heterocycles. The molecule has 0 amide bonds. The van der Waals surface area contributed by atoms with Gasteiger partial charge in [-0.15, -0.1) is 0 Å². The number of esters is 1. The van der Waals surface area contributed by atoms with Gasteiger partial charge in [0.05, 0.1) is 28.4 Å². The first-order valence-corrected chi connectivity index (χ1v) is 7.46. The summed E-state index contributed by atoms with van der Waals surface area (Å²) in [6.07, 6.45) is 0. The molecule has 1 saturated heterocycles. The first-order chi connectivity index (χ1) is 11.1. The van der Waals surface area contributed by atoms with Gasteiger partial charge in [0.1, 0.15) is 6.04 Å². The Labute approximate surface area is 136 Å². The summed E-state index contributed by atoms with van der Waals surface area (Å²) in [6, 6.07) is 3.50. The van der Waals surface area contributed by atoms with E-state index in [1.54, 1.807) is 21.3 Å². The van der Waals surface area contributed by atoms with Crippen LogP contribution < -0.4 is 19.5 Å². The van der Waals surface area contributed by atoms with Crippen molar-refractivity contribution in [2.75, 3.05) is 48.1 Å². The lowest BCUT2D eigenvalue weighted by Gasteiger charge is -2.34. The maximum absolute atomic E-state index is 11.9. The third kappa shape index (κ3) is 3.86. The third-order valence-electron chi connectivity index (χ3n) is 3.94. The Morgan fingerprint density at radius 2 is 1.83 bits per heavy atom. The molecule has 1 aromatic rings. The fourth-order valence-corrected chi connectivity index (χ4v) is 2.77. The lowest BCUT2D eigenvalue weighted by atomic mass is 10.1. The van der Waals surface area contributed by atoms with Gasteiger partial charge < -0.3 is 24.3 Å². The summed E-state index contributed by atoms with van der Waals surface area (Å²) in [7, 11) is 6.16. The van der Waals surface area contributed by atoms with Crippen molar-refractivity contribution in [1.29, 1.82) is 0 Å². The fourth-order valence-electron chi connectivity index (χ4n) is 2.77. The van der Waals surface area contributed by atoms with Crippen molar-refractivity contribution in [2.24, 2.45) is 0 Å². The number of ether oxygens (including phenoxy) is 4. The zero-order chi connectivity index (χ0) is 16.8. The molecule has 1 N–H and O–H groups in total. The monoisotopic (exact) mass is 324 g/mol. The zero-order valence-corrected chi connectivity index (χ0v) is 14.0. The van der Waals surface area contributed by atoms with E-state index < -0.39 is 0 Å². The lowest BCUT2D eigenvalue weighted by molar-refractivity contribution is -0.147. The number of hydrogen-bond donors (Lipinski definition) is 1. The molecule has 2 rings (SSSR count). The molecule has 0 aromatic heterocycles. The maximum atomic E-state index is 11.9. The highest BCUT2D eigenvalue weighted by molar-refractivity contribution is 5.76. The van der Waals surface area contributed by atoms with Crippen molar-refractivity contribution < 1.29 is 23.7 Å². The summed E-state index contributed by atoms with van der Waals surface area (Å²) in [5.74, 6) is 1.53. The van der Waals surface area contributed by atoms with Crippen LogP contribution in [0.5, 0.6) is 17.2 Å². The van der Waals surface area contributed by atoms with E-state index in [1.165, 1.54) is 7.11 Å². The number of carbonyl (C=O) groups is 1. The van der Waals surface area contributed by atoms with Gasteiger partial charge in [-0.2, -0.15) is 0 Å². The maximum Gasteiger partial charge on any atom is 0.324 e. The average Bonchev–Trinajstić information content (AvgIpc) is 2.60. The SMILES string of the molecule is COC(=O)C1CNCCN1Cc1cc(OC)c(OC)c(OC)c1. The highest BCUT2D eigenvalue weighted by Gasteiger charge is 2.29. The van der Waals surface area contributed by atoms with Crippen LogP contribution in [-0.4, -0.2) is 65.0 Å². The summed E-state index contributed by atoms with van der Waals surface area (Å²) >= 11 is 0. The van der Waals surface area contributed by atoms with Crippen LogP contribution in [0, 0.1) is 0 Å². The topological polar surface area (TPSA) is 69.3 Å². The highest BCUT2D eigenvalue weighted by Crippen LogP contribution is 2.38. The second kappa shape index (κ2) is 8.03. The van der Waals surface area contributed by atoms with Gasteiger partial charge in [0, 0.05) is 26.2 Å². The first-order valence-electron chi connectivity index (χ1n) is 7.46. The summed E-state index contributed by atoms with van der Waals surface area (Å²) < 4.78 is 21.0. The molecule has 1 atom stereocenters. The molecule has 1 unspecified atom stereocenters. The molecule has 0 saturated carbocycles. The molecule has 7 heteroatoms. The number of hydrogen-bond acceptors (Lipinski definition) is 7. The van der Waals surface area contributed by atoms with Gasteiger partial charge in [-0.05, 0) is 17.7 Å². The van der Waals surface area contributed by atoms with E-state index in [-0.39, 0.29) is 12.0 Å². The molecule has 0 aliphatic carbocycles. The average molecular weight is 324 g/mol. The molecule has 0 bridgehead atoms. The van der Waals surface area contributed by atoms with Crippen molar-refractivity contribution in [3.63, 3.8) is 0 Å². The van der Waals surface area contributed by atoms with E-state index in [1.807, 2.05) is 12.1 Å². The molecule has 128 valence electrons. The summed E-state index contributed by atoms with van der Waals surface area (Å²) in [4.78, 5) is 14.0. The Hall–Kier alpha value is -1.99. The summed E-state index contributed by atoms with van der Waals surface area (Å²) in [5, 5.41) is 3.22. The van der Waals surface area contributed by atoms with Gasteiger partial charge in [0.25, 0.3) is 0 Å². The predicted molar refractivity (Wildman–Crippen MR) is 85.2 cm³/mol. The molecular weight excluding hydrogens is 300 g/mol. The van der Waals surface area contributed by atoms with Crippen LogP contribution in [0.2, 0.25) is 0 Å². The van der Waals surface area contributed by atoms with Crippen LogP contribution in [-0.2, 0) is 16.1 Å². The number of carbonyl (C=O) groups excluding carboxylic acids is 1. The first kappa shape index (κ1) is 17.4. The minimum atomic E-state index is -0.298. The van der Waals surface area contributed by atoms with E-state index in [0.717, 1.165) is 18.7 Å². The van der Waals surface area contributed by atoms with E-state index in [2.05, 4.69) is 10.2 Å². The van der Waals surface area contributed by atoms with Crippen LogP contribution in [0.3, 0.4) is 0 Å². The molecule has 0 spiro atoms. The van der Waals surface area contributed by atoms with Crippen molar-refractivity contribution in [3.05, 3.63) is 17.7 Å². The Kier molecular flexibility index (Phi) is 6.06. The molecular formula is C16H24N2O5. The number of piperazine rings is 1. The quantitative estimate of drug-likeness (QED) is 0.771. The molecule has 7 nitrogen and oxygen atoms in total. The number of nitrogens with one attached hydrogen (secondary N) is 1.